The molecule has 0 atom stereocenters. The molecule has 0 radical (unpaired) electrons. The Hall–Kier alpha value is -1.70. The van der Waals surface area contributed by atoms with E-state index in [2.05, 4.69) is 0 Å². The summed E-state index contributed by atoms with van der Waals surface area (Å²) in [6, 6.07) is 9.62. The van der Waals surface area contributed by atoms with Crippen molar-refractivity contribution in [2.75, 3.05) is 0 Å². The zero-order chi connectivity index (χ0) is 10.7. The van der Waals surface area contributed by atoms with E-state index in [-0.39, 0.29) is 11.6 Å². The van der Waals surface area contributed by atoms with Crippen LogP contribution in [0.5, 0.6) is 0 Å². The molecule has 0 amide bonds. The van der Waals surface area contributed by atoms with Crippen molar-refractivity contribution >= 4 is 17.6 Å². The molecule has 15 heavy (non-hydrogen) atoms. The first kappa shape index (κ1) is 9.84. The van der Waals surface area contributed by atoms with Gasteiger partial charge in [-0.25, -0.2) is 0 Å². The quantitative estimate of drug-likeness (QED) is 0.515. The Morgan fingerprint density at radius 2 is 1.73 bits per heavy atom. The Balaban J connectivity index is 2.27. The maximum absolute atomic E-state index is 11.5. The van der Waals surface area contributed by atoms with Gasteiger partial charge in [-0.3, -0.25) is 9.59 Å². The molecule has 0 aliphatic heterocycles. The molecule has 2 heteroatoms. The number of hydrogen-bond acceptors (Lipinski definition) is 2. The standard InChI is InChI=1S/C13H12O2/c14-12-8-4-7-11(13(12)15)9-10-5-2-1-3-6-10/h1-3,5-6,9H,4,7-8H2. The third-order valence-corrected chi connectivity index (χ3v) is 2.54. The number of carbonyl (C=O) groups excluding carboxylic acids is 2. The van der Waals surface area contributed by atoms with E-state index in [0.717, 1.165) is 18.4 Å². The second-order valence-electron chi connectivity index (χ2n) is 3.69. The second-order valence-corrected chi connectivity index (χ2v) is 3.69. The van der Waals surface area contributed by atoms with Crippen molar-refractivity contribution in [3.63, 3.8) is 0 Å². The van der Waals surface area contributed by atoms with E-state index >= 15 is 0 Å². The third-order valence-electron chi connectivity index (χ3n) is 2.54. The Kier molecular flexibility index (Phi) is 2.77. The second kappa shape index (κ2) is 4.22. The van der Waals surface area contributed by atoms with E-state index in [9.17, 15) is 9.59 Å². The van der Waals surface area contributed by atoms with E-state index in [4.69, 9.17) is 0 Å². The minimum absolute atomic E-state index is 0.247. The number of Topliss-reactive ketones (excluding diaryl/α,β-unsaturated/α-hetero) is 2. The van der Waals surface area contributed by atoms with Crippen LogP contribution in [0.2, 0.25) is 0 Å². The Morgan fingerprint density at radius 1 is 1.00 bits per heavy atom. The van der Waals surface area contributed by atoms with E-state index in [1.54, 1.807) is 0 Å². The minimum atomic E-state index is -0.301. The van der Waals surface area contributed by atoms with Crippen LogP contribution in [-0.2, 0) is 9.59 Å². The van der Waals surface area contributed by atoms with Crippen molar-refractivity contribution in [3.8, 4) is 0 Å². The van der Waals surface area contributed by atoms with Gasteiger partial charge >= 0.3 is 0 Å². The summed E-state index contributed by atoms with van der Waals surface area (Å²) in [6.45, 7) is 0. The van der Waals surface area contributed by atoms with Gasteiger partial charge in [0.2, 0.25) is 11.6 Å². The van der Waals surface area contributed by atoms with Crippen LogP contribution >= 0.6 is 0 Å². The van der Waals surface area contributed by atoms with Crippen LogP contribution in [0.3, 0.4) is 0 Å². The largest absolute Gasteiger partial charge is 0.291 e. The first-order valence-electron chi connectivity index (χ1n) is 5.10. The molecular formula is C13H12O2. The van der Waals surface area contributed by atoms with Gasteiger partial charge in [-0.1, -0.05) is 30.3 Å². The van der Waals surface area contributed by atoms with Crippen molar-refractivity contribution in [1.29, 1.82) is 0 Å². The van der Waals surface area contributed by atoms with Crippen LogP contribution in [0.15, 0.2) is 35.9 Å². The Morgan fingerprint density at radius 3 is 2.47 bits per heavy atom. The van der Waals surface area contributed by atoms with Gasteiger partial charge in [-0.05, 0) is 24.5 Å². The predicted molar refractivity (Wildman–Crippen MR) is 58.3 cm³/mol. The Bertz CT molecular complexity index is 415. The summed E-state index contributed by atoms with van der Waals surface area (Å²) < 4.78 is 0. The predicted octanol–water partition coefficient (Wildman–Crippen LogP) is 2.39. The van der Waals surface area contributed by atoms with Crippen molar-refractivity contribution in [2.45, 2.75) is 19.3 Å². The zero-order valence-corrected chi connectivity index (χ0v) is 8.40. The molecule has 2 rings (SSSR count). The maximum atomic E-state index is 11.5. The third kappa shape index (κ3) is 2.21. The minimum Gasteiger partial charge on any atom is -0.291 e. The number of benzene rings is 1. The average molecular weight is 200 g/mol. The molecule has 1 fully saturated rings. The topological polar surface area (TPSA) is 34.1 Å². The molecule has 0 bridgehead atoms. The highest BCUT2D eigenvalue weighted by Crippen LogP contribution is 2.20. The van der Waals surface area contributed by atoms with E-state index in [1.807, 2.05) is 36.4 Å². The van der Waals surface area contributed by atoms with Gasteiger partial charge in [0.05, 0.1) is 0 Å². The average Bonchev–Trinajstić information content (AvgIpc) is 2.26. The summed E-state index contributed by atoms with van der Waals surface area (Å²) in [6.07, 6.45) is 3.74. The lowest BCUT2D eigenvalue weighted by atomic mass is 9.91. The monoisotopic (exact) mass is 200 g/mol. The van der Waals surface area contributed by atoms with Crippen LogP contribution in [0.4, 0.5) is 0 Å². The number of rotatable bonds is 1. The molecule has 1 saturated carbocycles. The molecule has 0 aromatic heterocycles. The van der Waals surface area contributed by atoms with Gasteiger partial charge in [0, 0.05) is 12.0 Å². The normalized spacial score (nSPS) is 19.6. The lowest BCUT2D eigenvalue weighted by molar-refractivity contribution is -0.135. The molecular weight excluding hydrogens is 188 g/mol. The van der Waals surface area contributed by atoms with Crippen molar-refractivity contribution < 1.29 is 9.59 Å². The fourth-order valence-corrected chi connectivity index (χ4v) is 1.73. The maximum Gasteiger partial charge on any atom is 0.224 e. The fourth-order valence-electron chi connectivity index (χ4n) is 1.73. The van der Waals surface area contributed by atoms with Gasteiger partial charge in [0.1, 0.15) is 0 Å². The molecule has 0 spiro atoms. The zero-order valence-electron chi connectivity index (χ0n) is 8.40. The summed E-state index contributed by atoms with van der Waals surface area (Å²) >= 11 is 0. The van der Waals surface area contributed by atoms with E-state index in [0.29, 0.717) is 12.0 Å². The summed E-state index contributed by atoms with van der Waals surface area (Å²) in [4.78, 5) is 22.7. The Labute approximate surface area is 88.6 Å². The van der Waals surface area contributed by atoms with Crippen molar-refractivity contribution in [1.82, 2.24) is 0 Å². The van der Waals surface area contributed by atoms with E-state index in [1.165, 1.54) is 0 Å². The smallest absolute Gasteiger partial charge is 0.224 e. The molecule has 1 aromatic rings. The van der Waals surface area contributed by atoms with E-state index < -0.39 is 0 Å². The molecule has 1 aromatic carbocycles. The van der Waals surface area contributed by atoms with Crippen molar-refractivity contribution in [2.24, 2.45) is 0 Å². The van der Waals surface area contributed by atoms with Crippen LogP contribution in [0.25, 0.3) is 6.08 Å². The highest BCUT2D eigenvalue weighted by molar-refractivity contribution is 6.45. The summed E-state index contributed by atoms with van der Waals surface area (Å²) in [5.41, 5.74) is 1.63. The first-order valence-corrected chi connectivity index (χ1v) is 5.10. The number of allylic oxidation sites excluding steroid dienone is 1. The highest BCUT2D eigenvalue weighted by Gasteiger charge is 2.23. The summed E-state index contributed by atoms with van der Waals surface area (Å²) in [5, 5.41) is 0. The van der Waals surface area contributed by atoms with Crippen LogP contribution in [-0.4, -0.2) is 11.6 Å². The molecule has 2 nitrogen and oxygen atoms in total. The number of ketones is 2. The molecule has 1 aliphatic rings. The van der Waals surface area contributed by atoms with Gasteiger partial charge in [-0.2, -0.15) is 0 Å². The number of carbonyl (C=O) groups is 2. The van der Waals surface area contributed by atoms with Gasteiger partial charge in [0.25, 0.3) is 0 Å². The first-order chi connectivity index (χ1) is 7.27. The SMILES string of the molecule is O=C1CCCC(=Cc2ccccc2)C1=O. The lowest BCUT2D eigenvalue weighted by Gasteiger charge is -2.11. The van der Waals surface area contributed by atoms with Crippen LogP contribution < -0.4 is 0 Å². The van der Waals surface area contributed by atoms with Gasteiger partial charge in [0.15, 0.2) is 0 Å². The molecule has 0 unspecified atom stereocenters. The van der Waals surface area contributed by atoms with Crippen LogP contribution in [0.1, 0.15) is 24.8 Å². The van der Waals surface area contributed by atoms with Gasteiger partial charge in [-0.15, -0.1) is 0 Å². The summed E-state index contributed by atoms with van der Waals surface area (Å²) in [5.74, 6) is -0.548. The fraction of sp³-hybridized carbons (Fsp3) is 0.231. The highest BCUT2D eigenvalue weighted by atomic mass is 16.2. The molecule has 1 aliphatic carbocycles. The lowest BCUT2D eigenvalue weighted by Crippen LogP contribution is -2.20. The van der Waals surface area contributed by atoms with Crippen molar-refractivity contribution in [3.05, 3.63) is 41.5 Å². The molecule has 76 valence electrons. The number of hydrogen-bond donors (Lipinski definition) is 0. The van der Waals surface area contributed by atoms with Crippen LogP contribution in [0, 0.1) is 0 Å². The molecule has 0 heterocycles. The summed E-state index contributed by atoms with van der Waals surface area (Å²) in [7, 11) is 0. The molecule has 0 saturated heterocycles. The molecule has 0 N–H and O–H groups in total. The van der Waals surface area contributed by atoms with Gasteiger partial charge < -0.3 is 0 Å².